The number of benzene rings is 1. The summed E-state index contributed by atoms with van der Waals surface area (Å²) in [5.74, 6) is -1.62. The monoisotopic (exact) mass is 520 g/mol. The third kappa shape index (κ3) is 5.10. The Hall–Kier alpha value is -4.05. The first kappa shape index (κ1) is 26.0. The van der Waals surface area contributed by atoms with Gasteiger partial charge in [0.05, 0.1) is 41.2 Å². The molecule has 0 bridgehead atoms. The zero-order valence-corrected chi connectivity index (χ0v) is 22.2. The van der Waals surface area contributed by atoms with Gasteiger partial charge in [-0.15, -0.1) is 11.3 Å². The van der Waals surface area contributed by atoms with Gasteiger partial charge in [-0.05, 0) is 52.3 Å². The number of nitrogens with zero attached hydrogens (tertiary/aromatic N) is 3. The molecule has 1 aromatic carbocycles. The van der Waals surface area contributed by atoms with Gasteiger partial charge in [-0.2, -0.15) is 5.10 Å². The Kier molecular flexibility index (Phi) is 7.68. The van der Waals surface area contributed by atoms with Crippen LogP contribution < -0.4 is 5.32 Å². The van der Waals surface area contributed by atoms with Gasteiger partial charge in [-0.25, -0.2) is 14.6 Å². The standard InChI is InChI=1S/C27H28N4O5S/c1-6-31-14-19(16(5)30-31)21-13-18(17-11-9-10-12-20(17)28-21)24(32)29-25-22(26(33)35-7-2)15(4)23(37-25)27(34)36-8-3/h9-14H,6-8H2,1-5H3,(H,29,32). The van der Waals surface area contributed by atoms with Crippen LogP contribution in [0.15, 0.2) is 36.5 Å². The molecule has 37 heavy (non-hydrogen) atoms. The van der Waals surface area contributed by atoms with Gasteiger partial charge in [0.15, 0.2) is 0 Å². The maximum absolute atomic E-state index is 13.7. The molecule has 0 aliphatic rings. The minimum absolute atomic E-state index is 0.141. The quantitative estimate of drug-likeness (QED) is 0.309. The summed E-state index contributed by atoms with van der Waals surface area (Å²) in [7, 11) is 0. The van der Waals surface area contributed by atoms with Crippen LogP contribution in [0.4, 0.5) is 5.00 Å². The predicted molar refractivity (Wildman–Crippen MR) is 142 cm³/mol. The number of fused-ring (bicyclic) bond motifs is 1. The zero-order chi connectivity index (χ0) is 26.7. The zero-order valence-electron chi connectivity index (χ0n) is 21.4. The number of rotatable bonds is 8. The third-order valence-electron chi connectivity index (χ3n) is 5.82. The Morgan fingerprint density at radius 3 is 2.41 bits per heavy atom. The van der Waals surface area contributed by atoms with Crippen molar-refractivity contribution in [1.29, 1.82) is 0 Å². The molecule has 0 spiro atoms. The van der Waals surface area contributed by atoms with Crippen molar-refractivity contribution in [2.24, 2.45) is 0 Å². The van der Waals surface area contributed by atoms with Crippen LogP contribution in [-0.4, -0.2) is 45.8 Å². The number of aryl methyl sites for hydroxylation is 2. The Morgan fingerprint density at radius 2 is 1.73 bits per heavy atom. The second kappa shape index (κ2) is 10.9. The summed E-state index contributed by atoms with van der Waals surface area (Å²) in [6.07, 6.45) is 1.90. The molecular weight excluding hydrogens is 492 g/mol. The Balaban J connectivity index is 1.81. The van der Waals surface area contributed by atoms with E-state index in [1.165, 1.54) is 0 Å². The lowest BCUT2D eigenvalue weighted by molar-refractivity contribution is 0.0527. The molecule has 1 N–H and O–H groups in total. The van der Waals surface area contributed by atoms with Crippen LogP contribution in [0.2, 0.25) is 0 Å². The van der Waals surface area contributed by atoms with E-state index in [-0.39, 0.29) is 28.7 Å². The van der Waals surface area contributed by atoms with Crippen molar-refractivity contribution in [1.82, 2.24) is 14.8 Å². The number of hydrogen-bond donors (Lipinski definition) is 1. The van der Waals surface area contributed by atoms with Crippen molar-refractivity contribution in [3.8, 4) is 11.3 Å². The van der Waals surface area contributed by atoms with Crippen molar-refractivity contribution >= 4 is 45.1 Å². The molecule has 0 radical (unpaired) electrons. The molecule has 0 atom stereocenters. The van der Waals surface area contributed by atoms with Crippen LogP contribution in [-0.2, 0) is 16.0 Å². The van der Waals surface area contributed by atoms with Gasteiger partial charge < -0.3 is 14.8 Å². The van der Waals surface area contributed by atoms with Crippen molar-refractivity contribution in [2.45, 2.75) is 41.2 Å². The highest BCUT2D eigenvalue weighted by Gasteiger charge is 2.28. The maximum Gasteiger partial charge on any atom is 0.348 e. The first-order chi connectivity index (χ1) is 17.8. The van der Waals surface area contributed by atoms with E-state index in [2.05, 4.69) is 10.4 Å². The topological polar surface area (TPSA) is 112 Å². The number of thiophene rings is 1. The number of hydrogen-bond acceptors (Lipinski definition) is 8. The van der Waals surface area contributed by atoms with Crippen molar-refractivity contribution in [3.63, 3.8) is 0 Å². The molecule has 9 nitrogen and oxygen atoms in total. The number of nitrogens with one attached hydrogen (secondary N) is 1. The molecule has 0 saturated heterocycles. The smallest absolute Gasteiger partial charge is 0.348 e. The Bertz CT molecular complexity index is 1500. The largest absolute Gasteiger partial charge is 0.462 e. The molecule has 4 aromatic rings. The predicted octanol–water partition coefficient (Wildman–Crippen LogP) is 5.40. The lowest BCUT2D eigenvalue weighted by atomic mass is 10.0. The summed E-state index contributed by atoms with van der Waals surface area (Å²) in [6.45, 7) is 9.97. The van der Waals surface area contributed by atoms with Crippen LogP contribution in [0.3, 0.4) is 0 Å². The van der Waals surface area contributed by atoms with Crippen LogP contribution in [0.5, 0.6) is 0 Å². The molecule has 0 aliphatic heterocycles. The minimum Gasteiger partial charge on any atom is -0.462 e. The molecule has 0 saturated carbocycles. The van der Waals surface area contributed by atoms with Crippen molar-refractivity contribution < 1.29 is 23.9 Å². The van der Waals surface area contributed by atoms with Gasteiger partial charge in [-0.3, -0.25) is 9.48 Å². The molecule has 0 aliphatic carbocycles. The van der Waals surface area contributed by atoms with Gasteiger partial charge in [-0.1, -0.05) is 18.2 Å². The molecular formula is C27H28N4O5S. The van der Waals surface area contributed by atoms with E-state index in [1.54, 1.807) is 26.8 Å². The number of carbonyl (C=O) groups excluding carboxylic acids is 3. The summed E-state index contributed by atoms with van der Waals surface area (Å²) in [6, 6.07) is 9.07. The molecule has 10 heteroatoms. The number of ether oxygens (including phenoxy) is 2. The molecule has 3 heterocycles. The Labute approximate surface area is 218 Å². The molecule has 3 aromatic heterocycles. The lowest BCUT2D eigenvalue weighted by Gasteiger charge is -2.11. The number of anilines is 1. The lowest BCUT2D eigenvalue weighted by Crippen LogP contribution is -2.15. The second-order valence-electron chi connectivity index (χ2n) is 8.21. The average molecular weight is 521 g/mol. The van der Waals surface area contributed by atoms with E-state index in [4.69, 9.17) is 14.5 Å². The summed E-state index contributed by atoms with van der Waals surface area (Å²) in [5.41, 5.74) is 3.80. The first-order valence-corrected chi connectivity index (χ1v) is 12.8. The average Bonchev–Trinajstić information content (AvgIpc) is 3.42. The van der Waals surface area contributed by atoms with Crippen LogP contribution in [0, 0.1) is 13.8 Å². The molecule has 0 unspecified atom stereocenters. The number of para-hydroxylation sites is 1. The maximum atomic E-state index is 13.7. The first-order valence-electron chi connectivity index (χ1n) is 12.0. The third-order valence-corrected chi connectivity index (χ3v) is 7.01. The highest BCUT2D eigenvalue weighted by molar-refractivity contribution is 7.18. The van der Waals surface area contributed by atoms with Crippen LogP contribution >= 0.6 is 11.3 Å². The minimum atomic E-state index is -0.620. The number of esters is 2. The fraction of sp³-hybridized carbons (Fsp3) is 0.296. The molecule has 0 fully saturated rings. The second-order valence-corrected chi connectivity index (χ2v) is 9.23. The van der Waals surface area contributed by atoms with Crippen molar-refractivity contribution in [3.05, 3.63) is 63.8 Å². The molecule has 4 rings (SSSR count). The molecule has 1 amide bonds. The highest BCUT2D eigenvalue weighted by atomic mass is 32.1. The fourth-order valence-corrected chi connectivity index (χ4v) is 5.13. The van der Waals surface area contributed by atoms with E-state index in [0.717, 1.165) is 22.6 Å². The van der Waals surface area contributed by atoms with E-state index in [9.17, 15) is 14.4 Å². The summed E-state index contributed by atoms with van der Waals surface area (Å²) in [4.78, 5) is 44.0. The number of carbonyl (C=O) groups is 3. The number of pyridine rings is 1. The van der Waals surface area contributed by atoms with E-state index >= 15 is 0 Å². The van der Waals surface area contributed by atoms with Crippen LogP contribution in [0.25, 0.3) is 22.2 Å². The van der Waals surface area contributed by atoms with Gasteiger partial charge in [0.25, 0.3) is 5.91 Å². The Morgan fingerprint density at radius 1 is 1.03 bits per heavy atom. The summed E-state index contributed by atoms with van der Waals surface area (Å²) >= 11 is 0.990. The summed E-state index contributed by atoms with van der Waals surface area (Å²) < 4.78 is 12.2. The van der Waals surface area contributed by atoms with E-state index in [0.29, 0.717) is 34.3 Å². The van der Waals surface area contributed by atoms with Crippen molar-refractivity contribution in [2.75, 3.05) is 18.5 Å². The van der Waals surface area contributed by atoms with Gasteiger partial charge in [0, 0.05) is 23.7 Å². The number of aromatic nitrogens is 3. The van der Waals surface area contributed by atoms with E-state index < -0.39 is 17.8 Å². The fourth-order valence-electron chi connectivity index (χ4n) is 4.04. The van der Waals surface area contributed by atoms with Gasteiger partial charge in [0.1, 0.15) is 9.88 Å². The number of amides is 1. The van der Waals surface area contributed by atoms with Gasteiger partial charge >= 0.3 is 11.9 Å². The highest BCUT2D eigenvalue weighted by Crippen LogP contribution is 2.35. The SMILES string of the molecule is CCOC(=O)c1sc(NC(=O)c2cc(-c3cn(CC)nc3C)nc3ccccc23)c(C(=O)OCC)c1C. The van der Waals surface area contributed by atoms with Gasteiger partial charge in [0.2, 0.25) is 0 Å². The molecule has 192 valence electrons. The van der Waals surface area contributed by atoms with E-state index in [1.807, 2.05) is 49.0 Å². The van der Waals surface area contributed by atoms with Crippen LogP contribution in [0.1, 0.15) is 62.4 Å². The summed E-state index contributed by atoms with van der Waals surface area (Å²) in [5, 5.41) is 8.23. The normalized spacial score (nSPS) is 10.9.